The molecule has 234 valence electrons. The lowest BCUT2D eigenvalue weighted by Gasteiger charge is -2.32. The van der Waals surface area contributed by atoms with E-state index in [0.29, 0.717) is 35.1 Å². The number of sulfone groups is 1. The van der Waals surface area contributed by atoms with Gasteiger partial charge in [0, 0.05) is 42.0 Å². The molecule has 0 unspecified atom stereocenters. The van der Waals surface area contributed by atoms with Crippen LogP contribution in [0.1, 0.15) is 68.1 Å². The Labute approximate surface area is 257 Å². The summed E-state index contributed by atoms with van der Waals surface area (Å²) in [6.07, 6.45) is 6.54. The van der Waals surface area contributed by atoms with Gasteiger partial charge in [0.05, 0.1) is 22.4 Å². The van der Waals surface area contributed by atoms with Crippen LogP contribution in [0.2, 0.25) is 0 Å². The van der Waals surface area contributed by atoms with Crippen molar-refractivity contribution in [3.63, 3.8) is 0 Å². The highest BCUT2D eigenvalue weighted by molar-refractivity contribution is 7.92. The summed E-state index contributed by atoms with van der Waals surface area (Å²) in [5.41, 5.74) is 2.60. The summed E-state index contributed by atoms with van der Waals surface area (Å²) in [5, 5.41) is 20.1. The van der Waals surface area contributed by atoms with Gasteiger partial charge in [0.1, 0.15) is 28.6 Å². The number of pyridine rings is 1. The van der Waals surface area contributed by atoms with Crippen molar-refractivity contribution < 1.29 is 23.1 Å². The number of carbonyl (C=O) groups is 1. The molecule has 0 spiro atoms. The van der Waals surface area contributed by atoms with Gasteiger partial charge in [-0.25, -0.2) is 28.2 Å². The average molecular weight is 622 g/mol. The fourth-order valence-electron chi connectivity index (χ4n) is 5.24. The lowest BCUT2D eigenvalue weighted by atomic mass is 9.92. The van der Waals surface area contributed by atoms with Gasteiger partial charge in [-0.2, -0.15) is 5.10 Å². The van der Waals surface area contributed by atoms with Gasteiger partial charge in [-0.15, -0.1) is 0 Å². The second kappa shape index (κ2) is 12.4. The summed E-state index contributed by atoms with van der Waals surface area (Å²) in [4.78, 5) is 26.5. The predicted octanol–water partition coefficient (Wildman–Crippen LogP) is 5.45. The van der Waals surface area contributed by atoms with Gasteiger partial charge in [0.25, 0.3) is 0 Å². The van der Waals surface area contributed by atoms with Crippen LogP contribution in [0.4, 0.5) is 17.5 Å². The molecule has 3 aromatic heterocycles. The Morgan fingerprint density at radius 2 is 1.86 bits per heavy atom. The number of hydrogen-bond donors (Lipinski definition) is 3. The number of piperidine rings is 1. The number of benzene rings is 1. The maximum atomic E-state index is 13.7. The Hall–Kier alpha value is -4.26. The van der Waals surface area contributed by atoms with Crippen molar-refractivity contribution in [2.45, 2.75) is 69.9 Å². The number of nitrogens with zero attached hydrogens (tertiary/aromatic N) is 5. The second-order valence-corrected chi connectivity index (χ2v) is 14.9. The van der Waals surface area contributed by atoms with Crippen molar-refractivity contribution in [1.29, 1.82) is 0 Å². The SMILES string of the molecule is Cc1[nH]nc(Nc2ncnc3cc(OCCCC4CCN(c5ccc(C(=O)O)cn5)CC4)c(S(=O)(=O)C(C)(C)C)cc23)c1C. The number of rotatable bonds is 10. The van der Waals surface area contributed by atoms with Crippen molar-refractivity contribution in [1.82, 2.24) is 25.1 Å². The number of carboxylic acids is 1. The van der Waals surface area contributed by atoms with E-state index in [4.69, 9.17) is 9.84 Å². The first-order valence-electron chi connectivity index (χ1n) is 14.7. The van der Waals surface area contributed by atoms with Gasteiger partial charge >= 0.3 is 5.97 Å². The Bertz CT molecular complexity index is 1760. The molecule has 0 bridgehead atoms. The molecule has 0 saturated carbocycles. The normalized spacial score (nSPS) is 14.6. The smallest absolute Gasteiger partial charge is 0.337 e. The molecular weight excluding hydrogens is 582 g/mol. The van der Waals surface area contributed by atoms with Crippen molar-refractivity contribution in [2.75, 3.05) is 29.9 Å². The van der Waals surface area contributed by atoms with Crippen LogP contribution in [-0.2, 0) is 9.84 Å². The molecule has 4 heterocycles. The molecule has 13 heteroatoms. The van der Waals surface area contributed by atoms with Crippen LogP contribution in [0, 0.1) is 19.8 Å². The van der Waals surface area contributed by atoms with Crippen LogP contribution in [0.15, 0.2) is 41.7 Å². The molecule has 0 radical (unpaired) electrons. The van der Waals surface area contributed by atoms with E-state index in [-0.39, 0.29) is 16.2 Å². The number of ether oxygens (including phenoxy) is 1. The Morgan fingerprint density at radius 3 is 2.48 bits per heavy atom. The number of aryl methyl sites for hydroxylation is 1. The average Bonchev–Trinajstić information content (AvgIpc) is 3.31. The van der Waals surface area contributed by atoms with E-state index in [1.54, 1.807) is 45.0 Å². The molecule has 1 aliphatic rings. The number of aromatic nitrogens is 5. The zero-order valence-corrected chi connectivity index (χ0v) is 26.5. The minimum atomic E-state index is -3.76. The fourth-order valence-corrected chi connectivity index (χ4v) is 6.56. The third-order valence-electron chi connectivity index (χ3n) is 8.23. The lowest BCUT2D eigenvalue weighted by molar-refractivity contribution is 0.0696. The molecule has 5 rings (SSSR count). The number of anilines is 3. The molecule has 0 amide bonds. The van der Waals surface area contributed by atoms with Crippen molar-refractivity contribution in [2.24, 2.45) is 5.92 Å². The van der Waals surface area contributed by atoms with E-state index < -0.39 is 20.6 Å². The maximum Gasteiger partial charge on any atom is 0.337 e. The minimum absolute atomic E-state index is 0.111. The fraction of sp³-hybridized carbons (Fsp3) is 0.452. The molecular formula is C31H39N7O5S. The van der Waals surface area contributed by atoms with Crippen LogP contribution in [0.3, 0.4) is 0 Å². The van der Waals surface area contributed by atoms with Gasteiger partial charge in [-0.1, -0.05) is 0 Å². The first-order valence-corrected chi connectivity index (χ1v) is 16.2. The van der Waals surface area contributed by atoms with Gasteiger partial charge in [-0.05, 0) is 84.4 Å². The number of hydrogen-bond acceptors (Lipinski definition) is 10. The van der Waals surface area contributed by atoms with Crippen molar-refractivity contribution in [3.05, 3.63) is 53.6 Å². The zero-order valence-electron chi connectivity index (χ0n) is 25.7. The monoisotopic (exact) mass is 621 g/mol. The third-order valence-corrected chi connectivity index (χ3v) is 10.7. The summed E-state index contributed by atoms with van der Waals surface area (Å²) < 4.78 is 32.6. The van der Waals surface area contributed by atoms with Gasteiger partial charge < -0.3 is 20.1 Å². The van der Waals surface area contributed by atoms with Crippen molar-refractivity contribution >= 4 is 44.2 Å². The molecule has 44 heavy (non-hydrogen) atoms. The molecule has 4 aromatic rings. The molecule has 3 N–H and O–H groups in total. The highest BCUT2D eigenvalue weighted by Gasteiger charge is 2.34. The number of fused-ring (bicyclic) bond motifs is 1. The first kappa shape index (κ1) is 31.2. The van der Waals surface area contributed by atoms with E-state index in [1.165, 1.54) is 12.5 Å². The Kier molecular flexibility index (Phi) is 8.78. The third kappa shape index (κ3) is 6.47. The molecule has 12 nitrogen and oxygen atoms in total. The molecule has 0 atom stereocenters. The number of nitrogens with one attached hydrogen (secondary N) is 2. The van der Waals surface area contributed by atoms with Crippen molar-refractivity contribution in [3.8, 4) is 5.75 Å². The van der Waals surface area contributed by atoms with E-state index >= 15 is 0 Å². The van der Waals surface area contributed by atoms with E-state index in [0.717, 1.165) is 55.8 Å². The lowest BCUT2D eigenvalue weighted by Crippen LogP contribution is -2.34. The zero-order chi connectivity index (χ0) is 31.6. The van der Waals surface area contributed by atoms with Crippen LogP contribution < -0.4 is 15.0 Å². The summed E-state index contributed by atoms with van der Waals surface area (Å²) in [6, 6.07) is 6.63. The van der Waals surface area contributed by atoms with Crippen LogP contribution >= 0.6 is 0 Å². The maximum absolute atomic E-state index is 13.7. The van der Waals surface area contributed by atoms with E-state index in [9.17, 15) is 13.2 Å². The van der Waals surface area contributed by atoms with Crippen LogP contribution in [0.5, 0.6) is 5.75 Å². The molecule has 0 aliphatic carbocycles. The summed E-state index contributed by atoms with van der Waals surface area (Å²) in [5.74, 6) is 1.68. The molecule has 1 fully saturated rings. The summed E-state index contributed by atoms with van der Waals surface area (Å²) >= 11 is 0. The number of H-pyrrole nitrogens is 1. The first-order chi connectivity index (χ1) is 20.8. The summed E-state index contributed by atoms with van der Waals surface area (Å²) in [7, 11) is -3.76. The highest BCUT2D eigenvalue weighted by Crippen LogP contribution is 2.37. The van der Waals surface area contributed by atoms with E-state index in [1.807, 2.05) is 13.8 Å². The number of aromatic amines is 1. The largest absolute Gasteiger partial charge is 0.492 e. The Morgan fingerprint density at radius 1 is 1.11 bits per heavy atom. The van der Waals surface area contributed by atoms with Gasteiger partial charge in [0.15, 0.2) is 15.7 Å². The topological polar surface area (TPSA) is 163 Å². The Balaban J connectivity index is 1.27. The van der Waals surface area contributed by atoms with Crippen LogP contribution in [0.25, 0.3) is 10.9 Å². The number of aromatic carboxylic acids is 1. The number of carboxylic acid groups (broad SMARTS) is 1. The standard InChI is InChI=1S/C31H39N7O5S/c1-19-20(2)36-37-28(19)35-29-23-15-26(44(41,42)31(3,4)5)25(16-24(23)33-18-34-29)43-14-6-7-21-10-12-38(13-11-21)27-9-8-22(17-32-27)30(39)40/h8-9,15-18,21H,6-7,10-14H2,1-5H3,(H,39,40)(H2,33,34,35,36,37). The quantitative estimate of drug-likeness (QED) is 0.193. The van der Waals surface area contributed by atoms with Gasteiger partial charge in [-0.3, -0.25) is 5.10 Å². The second-order valence-electron chi connectivity index (χ2n) is 12.2. The molecule has 1 aliphatic heterocycles. The molecule has 1 saturated heterocycles. The predicted molar refractivity (Wildman–Crippen MR) is 169 cm³/mol. The molecule has 1 aromatic carbocycles. The summed E-state index contributed by atoms with van der Waals surface area (Å²) in [6.45, 7) is 11.0. The minimum Gasteiger partial charge on any atom is -0.492 e. The van der Waals surface area contributed by atoms with E-state index in [2.05, 4.69) is 35.4 Å². The van der Waals surface area contributed by atoms with Gasteiger partial charge in [0.2, 0.25) is 0 Å². The van der Waals surface area contributed by atoms with Crippen LogP contribution in [-0.4, -0.2) is 69.1 Å². The highest BCUT2D eigenvalue weighted by atomic mass is 32.2.